The molecular weight excluding hydrogens is 322 g/mol. The van der Waals surface area contributed by atoms with Crippen molar-refractivity contribution < 1.29 is 9.90 Å². The molecule has 0 atom stereocenters. The molecule has 0 saturated carbocycles. The largest absolute Gasteiger partial charge is 0.508 e. The van der Waals surface area contributed by atoms with Crippen LogP contribution in [0.15, 0.2) is 30.3 Å². The van der Waals surface area contributed by atoms with Crippen LogP contribution in [0.25, 0.3) is 10.8 Å². The Bertz CT molecular complexity index is 709. The van der Waals surface area contributed by atoms with E-state index in [9.17, 15) is 9.90 Å². The number of fused-ring (bicyclic) bond motifs is 1. The fourth-order valence-corrected chi connectivity index (χ4v) is 3.70. The van der Waals surface area contributed by atoms with Crippen LogP contribution in [0.3, 0.4) is 0 Å². The van der Waals surface area contributed by atoms with Gasteiger partial charge in [0.1, 0.15) is 5.75 Å². The molecular formula is C23H33NO2. The van der Waals surface area contributed by atoms with Crippen LogP contribution in [0.1, 0.15) is 87.1 Å². The second-order valence-electron chi connectivity index (χ2n) is 7.27. The lowest BCUT2D eigenvalue weighted by molar-refractivity contribution is 0.100. The Hall–Kier alpha value is -2.03. The van der Waals surface area contributed by atoms with E-state index >= 15 is 0 Å². The number of phenolic OH excluding ortho intramolecular Hbond substituents is 1. The minimum absolute atomic E-state index is 0.188. The van der Waals surface area contributed by atoms with E-state index in [1.54, 1.807) is 6.07 Å². The molecule has 2 aromatic rings. The van der Waals surface area contributed by atoms with Gasteiger partial charge in [0.2, 0.25) is 5.91 Å². The van der Waals surface area contributed by atoms with Crippen LogP contribution in [0.5, 0.6) is 5.75 Å². The van der Waals surface area contributed by atoms with Crippen LogP contribution in [0.2, 0.25) is 0 Å². The zero-order valence-electron chi connectivity index (χ0n) is 16.1. The van der Waals surface area contributed by atoms with Crippen molar-refractivity contribution in [2.24, 2.45) is 5.73 Å². The Morgan fingerprint density at radius 3 is 2.12 bits per heavy atom. The zero-order chi connectivity index (χ0) is 18.8. The van der Waals surface area contributed by atoms with Gasteiger partial charge in [-0.1, -0.05) is 89.0 Å². The van der Waals surface area contributed by atoms with Crippen LogP contribution < -0.4 is 5.73 Å². The van der Waals surface area contributed by atoms with Crippen LogP contribution >= 0.6 is 0 Å². The van der Waals surface area contributed by atoms with Gasteiger partial charge in [-0.2, -0.15) is 0 Å². The van der Waals surface area contributed by atoms with E-state index in [-0.39, 0.29) is 5.75 Å². The van der Waals surface area contributed by atoms with Crippen molar-refractivity contribution in [3.05, 3.63) is 41.5 Å². The van der Waals surface area contributed by atoms with Gasteiger partial charge in [0, 0.05) is 5.56 Å². The maximum Gasteiger partial charge on any atom is 0.249 e. The van der Waals surface area contributed by atoms with Gasteiger partial charge in [-0.25, -0.2) is 0 Å². The molecule has 0 heterocycles. The van der Waals surface area contributed by atoms with Gasteiger partial charge in [0.15, 0.2) is 0 Å². The summed E-state index contributed by atoms with van der Waals surface area (Å²) in [6.07, 6.45) is 13.3. The van der Waals surface area contributed by atoms with E-state index in [0.717, 1.165) is 23.6 Å². The minimum atomic E-state index is -0.459. The zero-order valence-corrected chi connectivity index (χ0v) is 16.1. The molecule has 0 aliphatic carbocycles. The molecule has 2 rings (SSSR count). The molecule has 3 nitrogen and oxygen atoms in total. The Labute approximate surface area is 157 Å². The number of benzene rings is 2. The van der Waals surface area contributed by atoms with Gasteiger partial charge >= 0.3 is 0 Å². The highest BCUT2D eigenvalue weighted by Crippen LogP contribution is 2.31. The number of hydrogen-bond donors (Lipinski definition) is 2. The molecule has 0 aliphatic heterocycles. The first-order valence-corrected chi connectivity index (χ1v) is 10.2. The number of nitrogens with two attached hydrogens (primary N) is 1. The topological polar surface area (TPSA) is 63.3 Å². The second kappa shape index (κ2) is 10.8. The van der Waals surface area contributed by atoms with E-state index in [1.165, 1.54) is 51.4 Å². The minimum Gasteiger partial charge on any atom is -0.508 e. The van der Waals surface area contributed by atoms with Crippen molar-refractivity contribution >= 4 is 16.7 Å². The first kappa shape index (κ1) is 20.3. The smallest absolute Gasteiger partial charge is 0.249 e. The highest BCUT2D eigenvalue weighted by Gasteiger charge is 2.16. The van der Waals surface area contributed by atoms with Crippen molar-refractivity contribution in [1.29, 1.82) is 0 Å². The Morgan fingerprint density at radius 1 is 0.923 bits per heavy atom. The first-order chi connectivity index (χ1) is 12.6. The fourth-order valence-electron chi connectivity index (χ4n) is 3.70. The standard InChI is InChI=1S/C23H33NO2/c1-2-3-4-5-6-7-8-9-10-11-16-20-21(25)17-18-14-12-13-15-19(18)22(20)23(24)26/h12-15,17,25H,2-11,16H2,1H3,(H2,24,26). The lowest BCUT2D eigenvalue weighted by Gasteiger charge is -2.13. The molecule has 3 N–H and O–H groups in total. The van der Waals surface area contributed by atoms with Crippen molar-refractivity contribution in [1.82, 2.24) is 0 Å². The summed E-state index contributed by atoms with van der Waals surface area (Å²) >= 11 is 0. The lowest BCUT2D eigenvalue weighted by atomic mass is 9.93. The Kier molecular flexibility index (Phi) is 8.46. The Balaban J connectivity index is 1.84. The van der Waals surface area contributed by atoms with E-state index in [0.29, 0.717) is 17.5 Å². The van der Waals surface area contributed by atoms with E-state index < -0.39 is 5.91 Å². The van der Waals surface area contributed by atoms with E-state index in [4.69, 9.17) is 5.73 Å². The number of aromatic hydroxyl groups is 1. The van der Waals surface area contributed by atoms with Gasteiger partial charge in [-0.15, -0.1) is 0 Å². The van der Waals surface area contributed by atoms with Crippen LogP contribution in [0.4, 0.5) is 0 Å². The van der Waals surface area contributed by atoms with Crippen molar-refractivity contribution in [2.45, 2.75) is 77.6 Å². The van der Waals surface area contributed by atoms with Crippen molar-refractivity contribution in [3.63, 3.8) is 0 Å². The molecule has 0 unspecified atom stereocenters. The predicted molar refractivity (Wildman–Crippen MR) is 110 cm³/mol. The summed E-state index contributed by atoms with van der Waals surface area (Å²) in [7, 11) is 0. The quantitative estimate of drug-likeness (QED) is 0.451. The summed E-state index contributed by atoms with van der Waals surface area (Å²) in [6, 6.07) is 9.33. The van der Waals surface area contributed by atoms with Gasteiger partial charge in [0.25, 0.3) is 0 Å². The number of phenols is 1. The highest BCUT2D eigenvalue weighted by molar-refractivity contribution is 6.08. The number of unbranched alkanes of at least 4 members (excludes halogenated alkanes) is 9. The molecule has 0 bridgehead atoms. The highest BCUT2D eigenvalue weighted by atomic mass is 16.3. The monoisotopic (exact) mass is 355 g/mol. The van der Waals surface area contributed by atoms with Gasteiger partial charge in [-0.3, -0.25) is 4.79 Å². The van der Waals surface area contributed by atoms with Crippen LogP contribution in [0, 0.1) is 0 Å². The summed E-state index contributed by atoms with van der Waals surface area (Å²) in [4.78, 5) is 12.0. The number of carbonyl (C=O) groups excluding carboxylic acids is 1. The molecule has 3 heteroatoms. The summed E-state index contributed by atoms with van der Waals surface area (Å²) in [6.45, 7) is 2.25. The number of rotatable bonds is 12. The number of primary amides is 1. The number of carbonyl (C=O) groups is 1. The molecule has 2 aromatic carbocycles. The van der Waals surface area contributed by atoms with E-state index in [1.807, 2.05) is 24.3 Å². The van der Waals surface area contributed by atoms with Crippen LogP contribution in [-0.4, -0.2) is 11.0 Å². The summed E-state index contributed by atoms with van der Waals surface area (Å²) < 4.78 is 0. The SMILES string of the molecule is CCCCCCCCCCCCc1c(O)cc2ccccc2c1C(N)=O. The summed E-state index contributed by atoms with van der Waals surface area (Å²) in [5, 5.41) is 12.1. The third-order valence-electron chi connectivity index (χ3n) is 5.16. The average molecular weight is 356 g/mol. The Morgan fingerprint density at radius 2 is 1.50 bits per heavy atom. The number of hydrogen-bond acceptors (Lipinski definition) is 2. The lowest BCUT2D eigenvalue weighted by Crippen LogP contribution is -2.14. The molecule has 0 fully saturated rings. The molecule has 0 aliphatic rings. The molecule has 0 saturated heterocycles. The normalized spacial score (nSPS) is 11.1. The summed E-state index contributed by atoms with van der Waals surface area (Å²) in [5.41, 5.74) is 6.81. The summed E-state index contributed by atoms with van der Waals surface area (Å²) in [5.74, 6) is -0.271. The van der Waals surface area contributed by atoms with Crippen molar-refractivity contribution in [3.8, 4) is 5.75 Å². The van der Waals surface area contributed by atoms with Crippen molar-refractivity contribution in [2.75, 3.05) is 0 Å². The third-order valence-corrected chi connectivity index (χ3v) is 5.16. The van der Waals surface area contributed by atoms with Crippen LogP contribution in [-0.2, 0) is 6.42 Å². The predicted octanol–water partition coefficient (Wildman–Crippen LogP) is 6.11. The van der Waals surface area contributed by atoms with Gasteiger partial charge in [-0.05, 0) is 29.7 Å². The maximum absolute atomic E-state index is 12.0. The van der Waals surface area contributed by atoms with Gasteiger partial charge in [0.05, 0.1) is 5.56 Å². The fraction of sp³-hybridized carbons (Fsp3) is 0.522. The van der Waals surface area contributed by atoms with E-state index in [2.05, 4.69) is 6.92 Å². The second-order valence-corrected chi connectivity index (χ2v) is 7.27. The average Bonchev–Trinajstić information content (AvgIpc) is 2.63. The molecule has 26 heavy (non-hydrogen) atoms. The molecule has 0 spiro atoms. The molecule has 0 radical (unpaired) electrons. The third kappa shape index (κ3) is 5.76. The molecule has 142 valence electrons. The first-order valence-electron chi connectivity index (χ1n) is 10.2. The number of amides is 1. The van der Waals surface area contributed by atoms with Gasteiger partial charge < -0.3 is 10.8 Å². The molecule has 0 aromatic heterocycles. The molecule has 1 amide bonds. The maximum atomic E-state index is 12.0.